The summed E-state index contributed by atoms with van der Waals surface area (Å²) < 4.78 is 6.21. The van der Waals surface area contributed by atoms with Gasteiger partial charge in [0.15, 0.2) is 0 Å². The summed E-state index contributed by atoms with van der Waals surface area (Å²) in [7, 11) is 0. The molecule has 2 nitrogen and oxygen atoms in total. The van der Waals surface area contributed by atoms with E-state index in [1.807, 2.05) is 6.07 Å². The Bertz CT molecular complexity index is 585. The molecule has 20 heavy (non-hydrogen) atoms. The summed E-state index contributed by atoms with van der Waals surface area (Å²) in [5.74, 6) is 0. The van der Waals surface area contributed by atoms with Gasteiger partial charge in [0.05, 0.1) is 12.2 Å². The van der Waals surface area contributed by atoms with Crippen LogP contribution in [0.4, 0.5) is 0 Å². The Hall–Kier alpha value is -1.16. The van der Waals surface area contributed by atoms with Crippen molar-refractivity contribution in [1.82, 2.24) is 4.90 Å². The molecule has 3 heterocycles. The lowest BCUT2D eigenvalue weighted by Gasteiger charge is -2.39. The number of ether oxygens (including phenoxy) is 1. The van der Waals surface area contributed by atoms with E-state index in [0.717, 1.165) is 39.1 Å². The normalized spacial score (nSPS) is 21.2. The summed E-state index contributed by atoms with van der Waals surface area (Å²) in [5, 5.41) is 3.17. The second-order valence-corrected chi connectivity index (χ2v) is 6.70. The average Bonchev–Trinajstić information content (AvgIpc) is 3.11. The van der Waals surface area contributed by atoms with Crippen LogP contribution in [0.5, 0.6) is 0 Å². The molecular weight excluding hydrogens is 266 g/mol. The Balaban J connectivity index is 1.47. The van der Waals surface area contributed by atoms with Crippen LogP contribution in [0.3, 0.4) is 0 Å². The lowest BCUT2D eigenvalue weighted by Crippen LogP contribution is -2.41. The Morgan fingerprint density at radius 1 is 1.20 bits per heavy atom. The van der Waals surface area contributed by atoms with E-state index in [4.69, 9.17) is 4.74 Å². The van der Waals surface area contributed by atoms with E-state index in [1.54, 1.807) is 11.3 Å². The number of hydrogen-bond donors (Lipinski definition) is 0. The van der Waals surface area contributed by atoms with Crippen molar-refractivity contribution in [3.8, 4) is 0 Å². The van der Waals surface area contributed by atoms with Crippen LogP contribution in [0.1, 0.15) is 28.8 Å². The zero-order valence-electron chi connectivity index (χ0n) is 11.5. The third-order valence-corrected chi connectivity index (χ3v) is 5.36. The molecule has 0 bridgehead atoms. The molecule has 0 amide bonds. The minimum absolute atomic E-state index is 0.00529. The largest absolute Gasteiger partial charge is 0.365 e. The van der Waals surface area contributed by atoms with E-state index in [-0.39, 0.29) is 5.60 Å². The highest BCUT2D eigenvalue weighted by Crippen LogP contribution is 2.44. The maximum absolute atomic E-state index is 6.21. The molecule has 0 N–H and O–H groups in total. The molecule has 0 unspecified atom stereocenters. The smallest absolute Gasteiger partial charge is 0.0963 e. The first-order valence-electron chi connectivity index (χ1n) is 7.25. The van der Waals surface area contributed by atoms with Crippen molar-refractivity contribution in [2.24, 2.45) is 0 Å². The zero-order valence-corrected chi connectivity index (χ0v) is 12.3. The number of benzene rings is 1. The van der Waals surface area contributed by atoms with Crippen LogP contribution in [0.15, 0.2) is 36.4 Å². The molecule has 3 heteroatoms. The number of thiophene rings is 1. The van der Waals surface area contributed by atoms with Crippen LogP contribution < -0.4 is 0 Å². The SMILES string of the molecule is [c]1ccc(CN2CCC3(CC2)OCc2ccccc23)s1. The molecule has 1 spiro atoms. The Morgan fingerprint density at radius 3 is 2.85 bits per heavy atom. The van der Waals surface area contributed by atoms with Gasteiger partial charge in [0.25, 0.3) is 0 Å². The number of nitrogens with zero attached hydrogens (tertiary/aromatic N) is 1. The minimum atomic E-state index is -0.00529. The van der Waals surface area contributed by atoms with Crippen molar-refractivity contribution in [1.29, 1.82) is 0 Å². The average molecular weight is 284 g/mol. The lowest BCUT2D eigenvalue weighted by molar-refractivity contribution is -0.0798. The lowest BCUT2D eigenvalue weighted by atomic mass is 9.84. The summed E-state index contributed by atoms with van der Waals surface area (Å²) in [6, 6.07) is 12.9. The van der Waals surface area contributed by atoms with E-state index >= 15 is 0 Å². The Kier molecular flexibility index (Phi) is 3.14. The Labute approximate surface area is 124 Å². The van der Waals surface area contributed by atoms with Crippen molar-refractivity contribution in [3.05, 3.63) is 57.8 Å². The van der Waals surface area contributed by atoms with E-state index in [1.165, 1.54) is 16.0 Å². The second-order valence-electron chi connectivity index (χ2n) is 5.74. The van der Waals surface area contributed by atoms with Gasteiger partial charge in [-0.05, 0) is 36.1 Å². The number of likely N-dealkylation sites (tertiary alicyclic amines) is 1. The summed E-state index contributed by atoms with van der Waals surface area (Å²) >= 11 is 1.73. The highest BCUT2D eigenvalue weighted by molar-refractivity contribution is 7.09. The molecule has 1 radical (unpaired) electrons. The van der Waals surface area contributed by atoms with Gasteiger partial charge >= 0.3 is 0 Å². The van der Waals surface area contributed by atoms with Crippen molar-refractivity contribution < 1.29 is 4.74 Å². The highest BCUT2D eigenvalue weighted by atomic mass is 32.1. The number of rotatable bonds is 2. The van der Waals surface area contributed by atoms with Crippen molar-refractivity contribution in [2.75, 3.05) is 13.1 Å². The summed E-state index contributed by atoms with van der Waals surface area (Å²) in [6.07, 6.45) is 2.22. The van der Waals surface area contributed by atoms with Gasteiger partial charge in [-0.1, -0.05) is 24.3 Å². The molecule has 1 aromatic carbocycles. The Morgan fingerprint density at radius 2 is 2.05 bits per heavy atom. The van der Waals surface area contributed by atoms with E-state index < -0.39 is 0 Å². The van der Waals surface area contributed by atoms with Gasteiger partial charge in [-0.15, -0.1) is 11.3 Å². The van der Waals surface area contributed by atoms with E-state index in [2.05, 4.69) is 40.6 Å². The predicted molar refractivity (Wildman–Crippen MR) is 80.6 cm³/mol. The fraction of sp³-hybridized carbons (Fsp3) is 0.412. The van der Waals surface area contributed by atoms with E-state index in [9.17, 15) is 0 Å². The molecule has 0 atom stereocenters. The van der Waals surface area contributed by atoms with Crippen molar-refractivity contribution in [3.63, 3.8) is 0 Å². The topological polar surface area (TPSA) is 12.5 Å². The first kappa shape index (κ1) is 12.6. The van der Waals surface area contributed by atoms with Crippen LogP contribution in [0, 0.1) is 5.38 Å². The standard InChI is InChI=1S/C17H18NOS/c1-2-6-16-14(4-1)13-19-17(16)7-9-18(10-8-17)12-15-5-3-11-20-15/h1-6H,7-10,12-13H2. The molecule has 2 aliphatic rings. The maximum atomic E-state index is 6.21. The van der Waals surface area contributed by atoms with Crippen LogP contribution in [0.2, 0.25) is 0 Å². The molecule has 1 fully saturated rings. The van der Waals surface area contributed by atoms with E-state index in [0.29, 0.717) is 0 Å². The fourth-order valence-electron chi connectivity index (χ4n) is 3.45. The molecule has 2 aromatic rings. The predicted octanol–water partition coefficient (Wildman–Crippen LogP) is 3.57. The van der Waals surface area contributed by atoms with Crippen LogP contribution in [-0.4, -0.2) is 18.0 Å². The summed E-state index contributed by atoms with van der Waals surface area (Å²) in [5.41, 5.74) is 2.81. The van der Waals surface area contributed by atoms with Crippen LogP contribution in [-0.2, 0) is 23.5 Å². The first-order valence-corrected chi connectivity index (χ1v) is 8.07. The van der Waals surface area contributed by atoms with Gasteiger partial charge in [-0.3, -0.25) is 4.90 Å². The summed E-state index contributed by atoms with van der Waals surface area (Å²) in [6.45, 7) is 4.08. The van der Waals surface area contributed by atoms with Crippen molar-refractivity contribution in [2.45, 2.75) is 31.6 Å². The van der Waals surface area contributed by atoms with Gasteiger partial charge in [0.2, 0.25) is 0 Å². The molecule has 4 rings (SSSR count). The number of piperidine rings is 1. The van der Waals surface area contributed by atoms with Gasteiger partial charge in [-0.25, -0.2) is 0 Å². The maximum Gasteiger partial charge on any atom is 0.0963 e. The van der Waals surface area contributed by atoms with Gasteiger partial charge in [0, 0.05) is 29.9 Å². The number of fused-ring (bicyclic) bond motifs is 2. The minimum Gasteiger partial charge on any atom is -0.365 e. The third-order valence-electron chi connectivity index (χ3n) is 4.58. The van der Waals surface area contributed by atoms with Crippen LogP contribution >= 0.6 is 11.3 Å². The quantitative estimate of drug-likeness (QED) is 0.836. The van der Waals surface area contributed by atoms with Crippen molar-refractivity contribution >= 4 is 11.3 Å². The molecular formula is C17H18NOS. The molecule has 103 valence electrons. The van der Waals surface area contributed by atoms with Gasteiger partial charge in [-0.2, -0.15) is 0 Å². The highest BCUT2D eigenvalue weighted by Gasteiger charge is 2.42. The molecule has 1 aromatic heterocycles. The molecule has 0 aliphatic carbocycles. The van der Waals surface area contributed by atoms with Crippen LogP contribution in [0.25, 0.3) is 0 Å². The van der Waals surface area contributed by atoms with Gasteiger partial charge in [0.1, 0.15) is 0 Å². The second kappa shape index (κ2) is 4.99. The first-order chi connectivity index (χ1) is 9.86. The third kappa shape index (κ3) is 2.10. The molecule has 1 saturated heterocycles. The summed E-state index contributed by atoms with van der Waals surface area (Å²) in [4.78, 5) is 3.95. The fourth-order valence-corrected chi connectivity index (χ4v) is 4.12. The monoisotopic (exact) mass is 284 g/mol. The molecule has 0 saturated carbocycles. The molecule has 2 aliphatic heterocycles. The van der Waals surface area contributed by atoms with Gasteiger partial charge < -0.3 is 4.74 Å². The zero-order chi connectivity index (χ0) is 13.4. The number of hydrogen-bond acceptors (Lipinski definition) is 3.